The molecular formula is C17H16N2O4. The molecule has 0 atom stereocenters. The topological polar surface area (TPSA) is 95.8 Å². The highest BCUT2D eigenvalue weighted by atomic mass is 16.3. The summed E-state index contributed by atoms with van der Waals surface area (Å²) in [5.41, 5.74) is 0.630. The molecule has 118 valence electrons. The van der Waals surface area contributed by atoms with Crippen LogP contribution in [0.4, 0.5) is 5.69 Å². The first-order chi connectivity index (χ1) is 10.8. The van der Waals surface area contributed by atoms with Gasteiger partial charge in [-0.25, -0.2) is 0 Å². The zero-order valence-corrected chi connectivity index (χ0v) is 12.8. The average molecular weight is 312 g/mol. The van der Waals surface area contributed by atoms with Gasteiger partial charge in [0.25, 0.3) is 11.8 Å². The van der Waals surface area contributed by atoms with E-state index in [1.807, 2.05) is 13.8 Å². The van der Waals surface area contributed by atoms with E-state index in [0.717, 1.165) is 0 Å². The molecule has 0 spiro atoms. The Balaban J connectivity index is 1.98. The highest BCUT2D eigenvalue weighted by Crippen LogP contribution is 2.35. The first kappa shape index (κ1) is 15.1. The van der Waals surface area contributed by atoms with Gasteiger partial charge in [-0.3, -0.25) is 24.7 Å². The zero-order chi connectivity index (χ0) is 16.8. The number of imide groups is 1. The highest BCUT2D eigenvalue weighted by molar-refractivity contribution is 6.24. The lowest BCUT2D eigenvalue weighted by Crippen LogP contribution is -2.26. The summed E-state index contributed by atoms with van der Waals surface area (Å²) in [6, 6.07) is 4.74. The first-order valence-electron chi connectivity index (χ1n) is 7.26. The normalized spacial score (nSPS) is 20.2. The van der Waals surface area contributed by atoms with Crippen LogP contribution in [-0.4, -0.2) is 28.9 Å². The van der Waals surface area contributed by atoms with Crippen molar-refractivity contribution in [2.24, 2.45) is 10.4 Å². The van der Waals surface area contributed by atoms with Crippen molar-refractivity contribution in [3.63, 3.8) is 0 Å². The van der Waals surface area contributed by atoms with Crippen LogP contribution in [-0.2, 0) is 4.79 Å². The van der Waals surface area contributed by atoms with Gasteiger partial charge in [-0.05, 0) is 17.5 Å². The van der Waals surface area contributed by atoms with E-state index in [0.29, 0.717) is 18.5 Å². The Bertz CT molecular complexity index is 803. The third kappa shape index (κ3) is 2.67. The Labute approximate surface area is 132 Å². The number of rotatable bonds is 2. The Kier molecular flexibility index (Phi) is 3.39. The lowest BCUT2D eigenvalue weighted by molar-refractivity contribution is -0.117. The SMILES string of the molecule is CC1(C)CC(=O)C(C=Nc2cccc3c2C(=O)NC3=O)=C(O)C1. The number of nitrogens with one attached hydrogen (secondary N) is 1. The third-order valence-electron chi connectivity index (χ3n) is 3.97. The fourth-order valence-electron chi connectivity index (χ4n) is 2.89. The number of carbonyl (C=O) groups is 3. The molecule has 0 radical (unpaired) electrons. The van der Waals surface area contributed by atoms with E-state index < -0.39 is 11.8 Å². The van der Waals surface area contributed by atoms with Crippen LogP contribution in [0, 0.1) is 5.41 Å². The van der Waals surface area contributed by atoms with Gasteiger partial charge < -0.3 is 5.11 Å². The molecule has 2 N–H and O–H groups in total. The van der Waals surface area contributed by atoms with Crippen LogP contribution in [0.25, 0.3) is 0 Å². The van der Waals surface area contributed by atoms with E-state index in [4.69, 9.17) is 0 Å². The number of benzene rings is 1. The minimum absolute atomic E-state index is 0.00287. The van der Waals surface area contributed by atoms with Crippen molar-refractivity contribution in [1.29, 1.82) is 0 Å². The largest absolute Gasteiger partial charge is 0.511 e. The molecule has 3 rings (SSSR count). The maximum atomic E-state index is 12.1. The van der Waals surface area contributed by atoms with Crippen molar-refractivity contribution in [1.82, 2.24) is 5.32 Å². The maximum absolute atomic E-state index is 12.1. The van der Waals surface area contributed by atoms with Gasteiger partial charge in [-0.2, -0.15) is 0 Å². The average Bonchev–Trinajstić information content (AvgIpc) is 2.72. The zero-order valence-electron chi connectivity index (χ0n) is 12.8. The molecule has 6 nitrogen and oxygen atoms in total. The molecule has 0 bridgehead atoms. The number of allylic oxidation sites excluding steroid dienone is 2. The number of ketones is 1. The van der Waals surface area contributed by atoms with Crippen molar-refractivity contribution in [2.75, 3.05) is 0 Å². The van der Waals surface area contributed by atoms with Crippen molar-refractivity contribution in [2.45, 2.75) is 26.7 Å². The van der Waals surface area contributed by atoms with Crippen molar-refractivity contribution < 1.29 is 19.5 Å². The molecule has 0 unspecified atom stereocenters. The smallest absolute Gasteiger partial charge is 0.261 e. The van der Waals surface area contributed by atoms with Crippen LogP contribution < -0.4 is 5.32 Å². The number of aliphatic imine (C=N–C) groups is 1. The van der Waals surface area contributed by atoms with Gasteiger partial charge in [0.05, 0.1) is 22.4 Å². The summed E-state index contributed by atoms with van der Waals surface area (Å²) < 4.78 is 0. The summed E-state index contributed by atoms with van der Waals surface area (Å²) in [4.78, 5) is 39.8. The number of amides is 2. The van der Waals surface area contributed by atoms with Gasteiger partial charge in [0.15, 0.2) is 5.78 Å². The van der Waals surface area contributed by atoms with Crippen molar-refractivity contribution in [3.8, 4) is 0 Å². The number of hydrogen-bond acceptors (Lipinski definition) is 5. The number of fused-ring (bicyclic) bond motifs is 1. The summed E-state index contributed by atoms with van der Waals surface area (Å²) >= 11 is 0. The summed E-state index contributed by atoms with van der Waals surface area (Å²) in [7, 11) is 0. The molecule has 0 saturated carbocycles. The second-order valence-electron chi connectivity index (χ2n) is 6.54. The molecule has 1 aliphatic heterocycles. The molecule has 6 heteroatoms. The fraction of sp³-hybridized carbons (Fsp3) is 0.294. The van der Waals surface area contributed by atoms with Crippen molar-refractivity contribution >= 4 is 29.5 Å². The van der Waals surface area contributed by atoms with Gasteiger partial charge in [0.2, 0.25) is 0 Å². The number of Topliss-reactive ketones (excluding diaryl/α,β-unsaturated/α-hetero) is 1. The molecule has 23 heavy (non-hydrogen) atoms. The van der Waals surface area contributed by atoms with Crippen LogP contribution in [0.15, 0.2) is 34.5 Å². The summed E-state index contributed by atoms with van der Waals surface area (Å²) in [6.07, 6.45) is 1.99. The van der Waals surface area contributed by atoms with Gasteiger partial charge in [-0.15, -0.1) is 0 Å². The fourth-order valence-corrected chi connectivity index (χ4v) is 2.89. The van der Waals surface area contributed by atoms with E-state index in [-0.39, 0.29) is 33.7 Å². The molecule has 0 fully saturated rings. The lowest BCUT2D eigenvalue weighted by atomic mass is 9.77. The third-order valence-corrected chi connectivity index (χ3v) is 3.97. The Morgan fingerprint density at radius 2 is 1.91 bits per heavy atom. The van der Waals surface area contributed by atoms with Gasteiger partial charge in [0.1, 0.15) is 5.76 Å². The molecule has 1 aromatic rings. The highest BCUT2D eigenvalue weighted by Gasteiger charge is 2.33. The van der Waals surface area contributed by atoms with Gasteiger partial charge >= 0.3 is 0 Å². The van der Waals surface area contributed by atoms with E-state index in [9.17, 15) is 19.5 Å². The van der Waals surface area contributed by atoms with E-state index >= 15 is 0 Å². The van der Waals surface area contributed by atoms with Crippen LogP contribution in [0.1, 0.15) is 47.4 Å². The molecule has 0 saturated heterocycles. The molecule has 1 aliphatic carbocycles. The predicted molar refractivity (Wildman–Crippen MR) is 84.1 cm³/mol. The monoisotopic (exact) mass is 312 g/mol. The minimum Gasteiger partial charge on any atom is -0.511 e. The van der Waals surface area contributed by atoms with Crippen LogP contribution >= 0.6 is 0 Å². The minimum atomic E-state index is -0.507. The van der Waals surface area contributed by atoms with E-state index in [1.54, 1.807) is 18.2 Å². The molecule has 1 aromatic carbocycles. The quantitative estimate of drug-likeness (QED) is 0.647. The number of aliphatic hydroxyl groups excluding tert-OH is 1. The van der Waals surface area contributed by atoms with Crippen LogP contribution in [0.5, 0.6) is 0 Å². The van der Waals surface area contributed by atoms with Crippen LogP contribution in [0.3, 0.4) is 0 Å². The molecule has 1 heterocycles. The summed E-state index contributed by atoms with van der Waals surface area (Å²) in [5, 5.41) is 12.3. The van der Waals surface area contributed by atoms with Gasteiger partial charge in [0, 0.05) is 19.1 Å². The molecule has 2 aliphatic rings. The molecule has 0 aromatic heterocycles. The second-order valence-corrected chi connectivity index (χ2v) is 6.54. The standard InChI is InChI=1S/C17H16N2O4/c1-17(2)6-12(20)10(13(21)7-17)8-18-11-5-3-4-9-14(11)16(23)19-15(9)22/h3-5,8,20H,6-7H2,1-2H3,(H,19,22,23). The first-order valence-corrected chi connectivity index (χ1v) is 7.26. The summed E-state index contributed by atoms with van der Waals surface area (Å²) in [6.45, 7) is 3.82. The van der Waals surface area contributed by atoms with Crippen molar-refractivity contribution in [3.05, 3.63) is 40.7 Å². The summed E-state index contributed by atoms with van der Waals surface area (Å²) in [5.74, 6) is -1.15. The van der Waals surface area contributed by atoms with Crippen LogP contribution in [0.2, 0.25) is 0 Å². The predicted octanol–water partition coefficient (Wildman–Crippen LogP) is 2.47. The Morgan fingerprint density at radius 3 is 2.61 bits per heavy atom. The molecular weight excluding hydrogens is 296 g/mol. The second kappa shape index (κ2) is 5.15. The van der Waals surface area contributed by atoms with E-state index in [1.165, 1.54) is 6.21 Å². The number of hydrogen-bond donors (Lipinski definition) is 2. The maximum Gasteiger partial charge on any atom is 0.261 e. The van der Waals surface area contributed by atoms with Gasteiger partial charge in [-0.1, -0.05) is 19.9 Å². The number of aliphatic hydroxyl groups is 1. The number of nitrogens with zero attached hydrogens (tertiary/aromatic N) is 1. The number of carbonyl (C=O) groups excluding carboxylic acids is 3. The molecule has 2 amide bonds. The lowest BCUT2D eigenvalue weighted by Gasteiger charge is -2.28. The van der Waals surface area contributed by atoms with E-state index in [2.05, 4.69) is 10.3 Å². The Morgan fingerprint density at radius 1 is 1.17 bits per heavy atom. The Hall–Kier alpha value is -2.76.